The molecule has 2 heterocycles. The van der Waals surface area contributed by atoms with Crippen molar-refractivity contribution in [1.29, 1.82) is 0 Å². The molecule has 0 saturated heterocycles. The van der Waals surface area contributed by atoms with Crippen LogP contribution >= 0.6 is 11.6 Å². The van der Waals surface area contributed by atoms with Gasteiger partial charge in [-0.25, -0.2) is 9.97 Å². The number of nitrogens with zero attached hydrogens (tertiary/aromatic N) is 3. The molecular formula is C14H10ClN3O. The number of halogens is 1. The third kappa shape index (κ3) is 2.00. The molecule has 3 rings (SSSR count). The molecule has 2 aromatic heterocycles. The molecule has 0 unspecified atom stereocenters. The van der Waals surface area contributed by atoms with Crippen molar-refractivity contribution in [3.05, 3.63) is 59.3 Å². The average molecular weight is 272 g/mol. The van der Waals surface area contributed by atoms with E-state index in [1.807, 2.05) is 42.1 Å². The molecule has 0 fully saturated rings. The number of carbonyl (C=O) groups excluding carboxylic acids is 1. The van der Waals surface area contributed by atoms with Gasteiger partial charge in [0.1, 0.15) is 17.2 Å². The molecule has 19 heavy (non-hydrogen) atoms. The summed E-state index contributed by atoms with van der Waals surface area (Å²) in [6.07, 6.45) is 3.10. The first-order valence-corrected chi connectivity index (χ1v) is 6.11. The van der Waals surface area contributed by atoms with Crippen LogP contribution in [-0.2, 0) is 7.05 Å². The van der Waals surface area contributed by atoms with Crippen molar-refractivity contribution in [2.24, 2.45) is 7.05 Å². The largest absolute Gasteiger partial charge is 0.350 e. The van der Waals surface area contributed by atoms with Gasteiger partial charge in [0.05, 0.1) is 0 Å². The van der Waals surface area contributed by atoms with E-state index in [-0.39, 0.29) is 10.9 Å². The molecule has 0 spiro atoms. The molecule has 0 aliphatic heterocycles. The second-order valence-electron chi connectivity index (χ2n) is 4.23. The fraction of sp³-hybridized carbons (Fsp3) is 0.0714. The average Bonchev–Trinajstić information content (AvgIpc) is 2.76. The topological polar surface area (TPSA) is 47.8 Å². The van der Waals surface area contributed by atoms with Gasteiger partial charge in [0.2, 0.25) is 5.78 Å². The Labute approximate surface area is 114 Å². The van der Waals surface area contributed by atoms with Crippen LogP contribution in [0, 0.1) is 0 Å². The predicted octanol–water partition coefficient (Wildman–Crippen LogP) is 2.85. The Bertz CT molecular complexity index is 779. The Balaban J connectivity index is 2.17. The second kappa shape index (κ2) is 4.48. The number of hydrogen-bond donors (Lipinski definition) is 0. The third-order valence-electron chi connectivity index (χ3n) is 3.01. The number of hydrogen-bond acceptors (Lipinski definition) is 3. The van der Waals surface area contributed by atoms with Gasteiger partial charge < -0.3 is 4.57 Å². The van der Waals surface area contributed by atoms with Gasteiger partial charge in [-0.15, -0.1) is 0 Å². The molecule has 0 aliphatic carbocycles. The quantitative estimate of drug-likeness (QED) is 0.532. The number of para-hydroxylation sites is 1. The van der Waals surface area contributed by atoms with Crippen molar-refractivity contribution in [1.82, 2.24) is 14.5 Å². The summed E-state index contributed by atoms with van der Waals surface area (Å²) in [6, 6.07) is 9.22. The molecule has 0 radical (unpaired) electrons. The van der Waals surface area contributed by atoms with E-state index < -0.39 is 0 Å². The minimum atomic E-state index is -0.152. The molecule has 3 aromatic rings. The highest BCUT2D eigenvalue weighted by Crippen LogP contribution is 2.22. The number of fused-ring (bicyclic) bond motifs is 1. The smallest absolute Gasteiger partial charge is 0.213 e. The van der Waals surface area contributed by atoms with Gasteiger partial charge in [-0.1, -0.05) is 29.8 Å². The van der Waals surface area contributed by atoms with E-state index in [0.29, 0.717) is 11.3 Å². The van der Waals surface area contributed by atoms with Gasteiger partial charge in [0.15, 0.2) is 0 Å². The summed E-state index contributed by atoms with van der Waals surface area (Å²) >= 11 is 5.79. The van der Waals surface area contributed by atoms with Gasteiger partial charge >= 0.3 is 0 Å². The summed E-state index contributed by atoms with van der Waals surface area (Å²) in [5.41, 5.74) is 1.93. The molecule has 0 amide bonds. The summed E-state index contributed by atoms with van der Waals surface area (Å²) in [5.74, 6) is -0.152. The lowest BCUT2D eigenvalue weighted by atomic mass is 10.1. The van der Waals surface area contributed by atoms with Gasteiger partial charge in [-0.3, -0.25) is 4.79 Å². The first-order valence-electron chi connectivity index (χ1n) is 5.73. The van der Waals surface area contributed by atoms with Gasteiger partial charge in [-0.2, -0.15) is 0 Å². The predicted molar refractivity (Wildman–Crippen MR) is 73.4 cm³/mol. The molecule has 0 atom stereocenters. The highest BCUT2D eigenvalue weighted by atomic mass is 35.5. The number of rotatable bonds is 2. The molecule has 0 saturated carbocycles. The Morgan fingerprint density at radius 1 is 1.26 bits per heavy atom. The lowest BCUT2D eigenvalue weighted by Crippen LogP contribution is -2.03. The minimum Gasteiger partial charge on any atom is -0.350 e. The van der Waals surface area contributed by atoms with Crippen LogP contribution in [0.25, 0.3) is 10.9 Å². The Kier molecular flexibility index (Phi) is 2.80. The van der Waals surface area contributed by atoms with Crippen molar-refractivity contribution >= 4 is 28.3 Å². The summed E-state index contributed by atoms with van der Waals surface area (Å²) < 4.78 is 1.92. The standard InChI is InChI=1S/C14H10ClN3O/c1-18-7-10(9-4-2-3-5-12(9)18)14(19)11-6-13(15)17-8-16-11/h2-8H,1H3. The van der Waals surface area contributed by atoms with Crippen LogP contribution < -0.4 is 0 Å². The SMILES string of the molecule is Cn1cc(C(=O)c2cc(Cl)ncn2)c2ccccc21. The summed E-state index contributed by atoms with van der Waals surface area (Å²) in [4.78, 5) is 20.2. The first kappa shape index (κ1) is 11.9. The monoisotopic (exact) mass is 271 g/mol. The van der Waals surface area contributed by atoms with Crippen LogP contribution in [0.2, 0.25) is 5.15 Å². The maximum absolute atomic E-state index is 12.5. The number of benzene rings is 1. The fourth-order valence-corrected chi connectivity index (χ4v) is 2.27. The maximum Gasteiger partial charge on any atom is 0.213 e. The van der Waals surface area contributed by atoms with Crippen LogP contribution in [0.3, 0.4) is 0 Å². The zero-order valence-electron chi connectivity index (χ0n) is 10.2. The van der Waals surface area contributed by atoms with E-state index in [4.69, 9.17) is 11.6 Å². The summed E-state index contributed by atoms with van der Waals surface area (Å²) in [7, 11) is 1.91. The molecular weight excluding hydrogens is 262 g/mol. The van der Waals surface area contributed by atoms with Crippen molar-refractivity contribution in [2.45, 2.75) is 0 Å². The highest BCUT2D eigenvalue weighted by Gasteiger charge is 2.16. The lowest BCUT2D eigenvalue weighted by molar-refractivity contribution is 0.103. The van der Waals surface area contributed by atoms with Gasteiger partial charge in [0.25, 0.3) is 0 Å². The molecule has 5 heteroatoms. The second-order valence-corrected chi connectivity index (χ2v) is 4.61. The summed E-state index contributed by atoms with van der Waals surface area (Å²) in [6.45, 7) is 0. The minimum absolute atomic E-state index is 0.152. The molecule has 0 bridgehead atoms. The van der Waals surface area contributed by atoms with Crippen molar-refractivity contribution in [2.75, 3.05) is 0 Å². The molecule has 1 aromatic carbocycles. The van der Waals surface area contributed by atoms with Crippen LogP contribution in [-0.4, -0.2) is 20.3 Å². The molecule has 0 aliphatic rings. The Morgan fingerprint density at radius 2 is 2.05 bits per heavy atom. The van der Waals surface area contributed by atoms with Crippen molar-refractivity contribution < 1.29 is 4.79 Å². The first-order chi connectivity index (χ1) is 9.16. The zero-order chi connectivity index (χ0) is 13.4. The zero-order valence-corrected chi connectivity index (χ0v) is 10.9. The normalized spacial score (nSPS) is 10.8. The molecule has 0 N–H and O–H groups in total. The third-order valence-corrected chi connectivity index (χ3v) is 3.21. The fourth-order valence-electron chi connectivity index (χ4n) is 2.12. The van der Waals surface area contributed by atoms with Crippen LogP contribution in [0.4, 0.5) is 0 Å². The molecule has 94 valence electrons. The van der Waals surface area contributed by atoms with E-state index >= 15 is 0 Å². The van der Waals surface area contributed by atoms with Crippen molar-refractivity contribution in [3.8, 4) is 0 Å². The maximum atomic E-state index is 12.5. The van der Waals surface area contributed by atoms with Gasteiger partial charge in [0, 0.05) is 35.8 Å². The molecule has 4 nitrogen and oxygen atoms in total. The van der Waals surface area contributed by atoms with Crippen molar-refractivity contribution in [3.63, 3.8) is 0 Å². The summed E-state index contributed by atoms with van der Waals surface area (Å²) in [5, 5.41) is 1.17. The van der Waals surface area contributed by atoms with Crippen LogP contribution in [0.5, 0.6) is 0 Å². The van der Waals surface area contributed by atoms with Crippen LogP contribution in [0.15, 0.2) is 42.9 Å². The Morgan fingerprint density at radius 3 is 2.84 bits per heavy atom. The number of aryl methyl sites for hydroxylation is 1. The van der Waals surface area contributed by atoms with E-state index in [1.54, 1.807) is 0 Å². The Hall–Kier alpha value is -2.20. The van der Waals surface area contributed by atoms with E-state index in [1.165, 1.54) is 12.4 Å². The van der Waals surface area contributed by atoms with Crippen LogP contribution in [0.1, 0.15) is 16.1 Å². The van der Waals surface area contributed by atoms with E-state index in [2.05, 4.69) is 9.97 Å². The van der Waals surface area contributed by atoms with Gasteiger partial charge in [-0.05, 0) is 6.07 Å². The highest BCUT2D eigenvalue weighted by molar-refractivity contribution is 6.30. The number of ketones is 1. The van der Waals surface area contributed by atoms with E-state index in [9.17, 15) is 4.79 Å². The number of aromatic nitrogens is 3. The lowest BCUT2D eigenvalue weighted by Gasteiger charge is -1.98. The number of carbonyl (C=O) groups is 1. The van der Waals surface area contributed by atoms with E-state index in [0.717, 1.165) is 10.9 Å².